The van der Waals surface area contributed by atoms with Gasteiger partial charge >= 0.3 is 0 Å². The molecule has 0 amide bonds. The average molecular weight is 174 g/mol. The van der Waals surface area contributed by atoms with Crippen molar-refractivity contribution in [2.75, 3.05) is 13.6 Å². The molecule has 1 atom stereocenters. The van der Waals surface area contributed by atoms with Gasteiger partial charge in [-0.1, -0.05) is 0 Å². The first-order chi connectivity index (χ1) is 5.29. The Balaban J connectivity index is 2.49. The van der Waals surface area contributed by atoms with E-state index in [9.17, 15) is 4.79 Å². The first-order valence-corrected chi connectivity index (χ1v) is 5.21. The average Bonchev–Trinajstić information content (AvgIpc) is 2.50. The summed E-state index contributed by atoms with van der Waals surface area (Å²) in [5.41, 5.74) is 2.95. The van der Waals surface area contributed by atoms with Crippen LogP contribution >= 0.6 is 0 Å². The van der Waals surface area contributed by atoms with E-state index >= 15 is 0 Å². The molecule has 1 aliphatic heterocycles. The van der Waals surface area contributed by atoms with Crippen LogP contribution in [0.25, 0.3) is 0 Å². The third kappa shape index (κ3) is 1.87. The molecule has 1 fully saturated rings. The van der Waals surface area contributed by atoms with Gasteiger partial charge in [-0.3, -0.25) is 5.43 Å². The molecule has 4 nitrogen and oxygen atoms in total. The second kappa shape index (κ2) is 3.96. The fourth-order valence-corrected chi connectivity index (χ4v) is 2.11. The largest absolute Gasteiger partial charge is 0.430 e. The lowest BCUT2D eigenvalue weighted by Gasteiger charge is -2.20. The number of hydrogen-bond acceptors (Lipinski definition) is 4. The van der Waals surface area contributed by atoms with Crippen molar-refractivity contribution in [1.82, 2.24) is 10.4 Å². The SMILES string of the molecule is CNN1CCCC1C(=O)[SiH2]O. The summed E-state index contributed by atoms with van der Waals surface area (Å²) in [7, 11) is 0.357. The molecule has 11 heavy (non-hydrogen) atoms. The molecule has 0 saturated carbocycles. The highest BCUT2D eigenvalue weighted by molar-refractivity contribution is 6.69. The molecule has 0 aromatic heterocycles. The topological polar surface area (TPSA) is 52.6 Å². The van der Waals surface area contributed by atoms with Crippen LogP contribution in [-0.4, -0.2) is 44.6 Å². The van der Waals surface area contributed by atoms with Gasteiger partial charge in [-0.05, 0) is 19.9 Å². The maximum atomic E-state index is 11.1. The molecule has 1 heterocycles. The second-order valence-corrected chi connectivity index (χ2v) is 3.71. The Morgan fingerprint density at radius 1 is 1.82 bits per heavy atom. The number of nitrogens with zero attached hydrogens (tertiary/aromatic N) is 1. The first-order valence-electron chi connectivity index (χ1n) is 3.87. The number of nitrogens with one attached hydrogen (secondary N) is 1. The Kier molecular flexibility index (Phi) is 3.19. The van der Waals surface area contributed by atoms with E-state index in [2.05, 4.69) is 5.43 Å². The van der Waals surface area contributed by atoms with Crippen LogP contribution in [0, 0.1) is 0 Å². The molecule has 0 aromatic rings. The van der Waals surface area contributed by atoms with Crippen molar-refractivity contribution in [3.8, 4) is 0 Å². The van der Waals surface area contributed by atoms with Crippen LogP contribution in [0.3, 0.4) is 0 Å². The van der Waals surface area contributed by atoms with Gasteiger partial charge in [-0.2, -0.15) is 0 Å². The monoisotopic (exact) mass is 174 g/mol. The van der Waals surface area contributed by atoms with Gasteiger partial charge < -0.3 is 9.59 Å². The van der Waals surface area contributed by atoms with Crippen LogP contribution in [-0.2, 0) is 4.79 Å². The number of hydrogen-bond donors (Lipinski definition) is 2. The summed E-state index contributed by atoms with van der Waals surface area (Å²) in [6.45, 7) is 0.918. The zero-order chi connectivity index (χ0) is 8.27. The molecule has 1 aliphatic rings. The zero-order valence-corrected chi connectivity index (χ0v) is 8.12. The minimum absolute atomic E-state index is 0.0448. The van der Waals surface area contributed by atoms with Gasteiger partial charge in [0.15, 0.2) is 5.41 Å². The molecular weight excluding hydrogens is 160 g/mol. The number of carbonyl (C=O) groups excluding carboxylic acids is 1. The van der Waals surface area contributed by atoms with E-state index < -0.39 is 9.76 Å². The van der Waals surface area contributed by atoms with Gasteiger partial charge in [0.2, 0.25) is 9.76 Å². The molecule has 1 saturated heterocycles. The van der Waals surface area contributed by atoms with Crippen molar-refractivity contribution in [2.45, 2.75) is 18.9 Å². The Morgan fingerprint density at radius 3 is 3.09 bits per heavy atom. The van der Waals surface area contributed by atoms with E-state index in [1.165, 1.54) is 0 Å². The van der Waals surface area contributed by atoms with Gasteiger partial charge in [0.05, 0.1) is 6.04 Å². The summed E-state index contributed by atoms with van der Waals surface area (Å²) in [4.78, 5) is 19.9. The van der Waals surface area contributed by atoms with Crippen LogP contribution < -0.4 is 5.43 Å². The van der Waals surface area contributed by atoms with Crippen LogP contribution in [0.5, 0.6) is 0 Å². The third-order valence-corrected chi connectivity index (χ3v) is 2.85. The highest BCUT2D eigenvalue weighted by Crippen LogP contribution is 2.14. The Morgan fingerprint density at radius 2 is 2.55 bits per heavy atom. The maximum absolute atomic E-state index is 11.1. The molecule has 0 radical (unpaired) electrons. The van der Waals surface area contributed by atoms with Crippen molar-refractivity contribution >= 4 is 15.2 Å². The van der Waals surface area contributed by atoms with Gasteiger partial charge in [-0.25, -0.2) is 5.01 Å². The van der Waals surface area contributed by atoms with E-state index in [4.69, 9.17) is 4.80 Å². The highest BCUT2D eigenvalue weighted by atomic mass is 28.2. The standard InChI is InChI=1S/C6H14N2O2Si/c1-7-8-4-2-3-5(8)6(9)11-10/h5,7,10H,2-4,11H2,1H3. The summed E-state index contributed by atoms with van der Waals surface area (Å²) in [5, 5.41) is 1.96. The van der Waals surface area contributed by atoms with Gasteiger partial charge in [0.1, 0.15) is 0 Å². The number of carbonyl (C=O) groups is 1. The van der Waals surface area contributed by atoms with E-state index in [-0.39, 0.29) is 11.4 Å². The van der Waals surface area contributed by atoms with Crippen molar-refractivity contribution in [3.63, 3.8) is 0 Å². The minimum Gasteiger partial charge on any atom is -0.430 e. The smallest absolute Gasteiger partial charge is 0.232 e. The lowest BCUT2D eigenvalue weighted by atomic mass is 10.2. The van der Waals surface area contributed by atoms with E-state index in [1.54, 1.807) is 0 Å². The van der Waals surface area contributed by atoms with Crippen molar-refractivity contribution < 1.29 is 9.59 Å². The van der Waals surface area contributed by atoms with Crippen molar-refractivity contribution in [2.24, 2.45) is 0 Å². The predicted molar refractivity (Wildman–Crippen MR) is 44.6 cm³/mol. The fourth-order valence-electron chi connectivity index (χ4n) is 1.47. The Hall–Kier alpha value is -0.233. The van der Waals surface area contributed by atoms with Crippen LogP contribution in [0.1, 0.15) is 12.8 Å². The summed E-state index contributed by atoms with van der Waals surface area (Å²) >= 11 is 0. The van der Waals surface area contributed by atoms with Crippen LogP contribution in [0.15, 0.2) is 0 Å². The summed E-state index contributed by atoms with van der Waals surface area (Å²) < 4.78 is 0. The van der Waals surface area contributed by atoms with Crippen LogP contribution in [0.4, 0.5) is 0 Å². The zero-order valence-electron chi connectivity index (χ0n) is 6.71. The third-order valence-electron chi connectivity index (χ3n) is 2.07. The molecule has 2 N–H and O–H groups in total. The lowest BCUT2D eigenvalue weighted by Crippen LogP contribution is -2.45. The van der Waals surface area contributed by atoms with E-state index in [0.717, 1.165) is 19.4 Å². The molecule has 0 bridgehead atoms. The Bertz CT molecular complexity index is 154. The predicted octanol–water partition coefficient (Wildman–Crippen LogP) is -1.81. The molecule has 64 valence electrons. The van der Waals surface area contributed by atoms with Gasteiger partial charge in [0, 0.05) is 6.54 Å². The number of hydrazine groups is 1. The van der Waals surface area contributed by atoms with Crippen molar-refractivity contribution in [1.29, 1.82) is 0 Å². The molecule has 0 aliphatic carbocycles. The van der Waals surface area contributed by atoms with E-state index in [1.807, 2.05) is 12.1 Å². The van der Waals surface area contributed by atoms with Gasteiger partial charge in [-0.15, -0.1) is 0 Å². The van der Waals surface area contributed by atoms with Gasteiger partial charge in [0.25, 0.3) is 0 Å². The molecule has 0 spiro atoms. The fraction of sp³-hybridized carbons (Fsp3) is 0.833. The molecule has 5 heteroatoms. The first kappa shape index (κ1) is 8.86. The van der Waals surface area contributed by atoms with E-state index in [0.29, 0.717) is 0 Å². The lowest BCUT2D eigenvalue weighted by molar-refractivity contribution is -0.117. The highest BCUT2D eigenvalue weighted by Gasteiger charge is 2.28. The van der Waals surface area contributed by atoms with Crippen molar-refractivity contribution in [3.05, 3.63) is 0 Å². The summed E-state index contributed by atoms with van der Waals surface area (Å²) in [6.07, 6.45) is 1.94. The normalized spacial score (nSPS) is 26.9. The second-order valence-electron chi connectivity index (χ2n) is 2.70. The molecule has 1 unspecified atom stereocenters. The summed E-state index contributed by atoms with van der Waals surface area (Å²) in [6, 6.07) is -0.0448. The summed E-state index contributed by atoms with van der Waals surface area (Å²) in [5.74, 6) is 0. The van der Waals surface area contributed by atoms with Crippen LogP contribution in [0.2, 0.25) is 0 Å². The Labute approximate surface area is 68.5 Å². The molecular formula is C6H14N2O2Si. The maximum Gasteiger partial charge on any atom is 0.232 e. The quantitative estimate of drug-likeness (QED) is 0.495. The molecule has 1 rings (SSSR count). The molecule has 0 aromatic carbocycles. The number of rotatable bonds is 3. The minimum atomic E-state index is -1.45.